The normalized spacial score (nSPS) is 8.89. The second-order valence-electron chi connectivity index (χ2n) is 3.69. The van der Waals surface area contributed by atoms with Crippen LogP contribution in [-0.2, 0) is 9.53 Å². The summed E-state index contributed by atoms with van der Waals surface area (Å²) < 4.78 is 4.43. The lowest BCUT2D eigenvalue weighted by Crippen LogP contribution is -1.97. The van der Waals surface area contributed by atoms with E-state index in [0.717, 1.165) is 6.08 Å². The summed E-state index contributed by atoms with van der Waals surface area (Å²) in [4.78, 5) is 10.1. The molecule has 0 spiro atoms. The molecule has 0 atom stereocenters. The van der Waals surface area contributed by atoms with Crippen LogP contribution in [0, 0.1) is 0 Å². The van der Waals surface area contributed by atoms with E-state index in [4.69, 9.17) is 0 Å². The average Bonchev–Trinajstić information content (AvgIpc) is 2.50. The Labute approximate surface area is 114 Å². The standard InChI is InChI=1S/C12H10.C5H8O2/c1-3-7-11(8-4-1)12-9-5-2-6-10-12;1-3-5(6)7-4-2/h1-10H;3H,1,4H2,2H3. The molecular weight excluding hydrogens is 236 g/mol. The van der Waals surface area contributed by atoms with Gasteiger partial charge in [0, 0.05) is 6.08 Å². The molecule has 0 aromatic heterocycles. The molecule has 0 saturated carbocycles. The van der Waals surface area contributed by atoms with E-state index in [1.54, 1.807) is 6.92 Å². The number of hydrogen-bond acceptors (Lipinski definition) is 2. The SMILES string of the molecule is C=CC(=O)OCC.c1ccc(-c2ccccc2)cc1. The Morgan fingerprint density at radius 1 is 1.00 bits per heavy atom. The van der Waals surface area contributed by atoms with Crippen molar-refractivity contribution in [1.29, 1.82) is 0 Å². The highest BCUT2D eigenvalue weighted by Gasteiger charge is 1.91. The van der Waals surface area contributed by atoms with Crippen LogP contribution in [0.25, 0.3) is 11.1 Å². The van der Waals surface area contributed by atoms with E-state index in [1.165, 1.54) is 11.1 Å². The van der Waals surface area contributed by atoms with Gasteiger partial charge < -0.3 is 4.74 Å². The van der Waals surface area contributed by atoms with E-state index in [2.05, 4.69) is 59.8 Å². The van der Waals surface area contributed by atoms with Gasteiger partial charge in [0.05, 0.1) is 6.61 Å². The van der Waals surface area contributed by atoms with Crippen molar-refractivity contribution in [1.82, 2.24) is 0 Å². The lowest BCUT2D eigenvalue weighted by Gasteiger charge is -1.98. The number of benzene rings is 2. The summed E-state index contributed by atoms with van der Waals surface area (Å²) in [5, 5.41) is 0. The molecule has 0 heterocycles. The number of esters is 1. The molecular formula is C17H18O2. The monoisotopic (exact) mass is 254 g/mol. The predicted octanol–water partition coefficient (Wildman–Crippen LogP) is 4.09. The van der Waals surface area contributed by atoms with Gasteiger partial charge in [0.1, 0.15) is 0 Å². The second kappa shape index (κ2) is 8.70. The third-order valence-corrected chi connectivity index (χ3v) is 2.33. The van der Waals surface area contributed by atoms with Crippen molar-refractivity contribution in [2.24, 2.45) is 0 Å². The fourth-order valence-corrected chi connectivity index (χ4v) is 1.46. The molecule has 0 fully saturated rings. The Balaban J connectivity index is 0.000000224. The molecule has 0 N–H and O–H groups in total. The molecule has 0 aliphatic carbocycles. The van der Waals surface area contributed by atoms with Crippen molar-refractivity contribution < 1.29 is 9.53 Å². The van der Waals surface area contributed by atoms with Gasteiger partial charge in [-0.1, -0.05) is 67.2 Å². The first-order valence-electron chi connectivity index (χ1n) is 6.17. The van der Waals surface area contributed by atoms with E-state index < -0.39 is 0 Å². The Kier molecular flexibility index (Phi) is 6.73. The van der Waals surface area contributed by atoms with Gasteiger partial charge in [0.2, 0.25) is 0 Å². The zero-order valence-electron chi connectivity index (χ0n) is 11.1. The van der Waals surface area contributed by atoms with Gasteiger partial charge in [0.15, 0.2) is 0 Å². The van der Waals surface area contributed by atoms with Crippen molar-refractivity contribution in [2.75, 3.05) is 6.61 Å². The third-order valence-electron chi connectivity index (χ3n) is 2.33. The van der Waals surface area contributed by atoms with Crippen LogP contribution < -0.4 is 0 Å². The number of hydrogen-bond donors (Lipinski definition) is 0. The van der Waals surface area contributed by atoms with Gasteiger partial charge in [-0.05, 0) is 18.1 Å². The lowest BCUT2D eigenvalue weighted by molar-refractivity contribution is -0.137. The van der Waals surface area contributed by atoms with E-state index >= 15 is 0 Å². The summed E-state index contributed by atoms with van der Waals surface area (Å²) in [6, 6.07) is 20.8. The Morgan fingerprint density at radius 3 is 1.68 bits per heavy atom. The van der Waals surface area contributed by atoms with Crippen LogP contribution in [0.1, 0.15) is 6.92 Å². The van der Waals surface area contributed by atoms with Gasteiger partial charge in [-0.2, -0.15) is 0 Å². The number of ether oxygens (including phenoxy) is 1. The molecule has 19 heavy (non-hydrogen) atoms. The Morgan fingerprint density at radius 2 is 1.42 bits per heavy atom. The predicted molar refractivity (Wildman–Crippen MR) is 78.7 cm³/mol. The summed E-state index contributed by atoms with van der Waals surface area (Å²) in [6.07, 6.45) is 1.14. The van der Waals surface area contributed by atoms with E-state index in [-0.39, 0.29) is 5.97 Å². The molecule has 0 saturated heterocycles. The topological polar surface area (TPSA) is 26.3 Å². The van der Waals surface area contributed by atoms with E-state index in [0.29, 0.717) is 6.61 Å². The highest BCUT2D eigenvalue weighted by atomic mass is 16.5. The minimum Gasteiger partial charge on any atom is -0.463 e. The zero-order valence-corrected chi connectivity index (χ0v) is 11.1. The minimum absolute atomic E-state index is 0.359. The average molecular weight is 254 g/mol. The summed E-state index contributed by atoms with van der Waals surface area (Å²) in [5.41, 5.74) is 2.55. The summed E-state index contributed by atoms with van der Waals surface area (Å²) in [6.45, 7) is 5.38. The maximum Gasteiger partial charge on any atom is 0.330 e. The van der Waals surface area contributed by atoms with Crippen LogP contribution in [0.4, 0.5) is 0 Å². The van der Waals surface area contributed by atoms with Crippen LogP contribution in [0.3, 0.4) is 0 Å². The van der Waals surface area contributed by atoms with Gasteiger partial charge in [-0.25, -0.2) is 4.79 Å². The Hall–Kier alpha value is -2.35. The molecule has 2 heteroatoms. The molecule has 2 nitrogen and oxygen atoms in total. The highest BCUT2D eigenvalue weighted by molar-refractivity contribution is 5.81. The molecule has 0 aliphatic rings. The highest BCUT2D eigenvalue weighted by Crippen LogP contribution is 2.17. The van der Waals surface area contributed by atoms with Gasteiger partial charge in [-0.3, -0.25) is 0 Å². The first-order valence-corrected chi connectivity index (χ1v) is 6.17. The summed E-state index contributed by atoms with van der Waals surface area (Å²) >= 11 is 0. The number of carbonyl (C=O) groups is 1. The van der Waals surface area contributed by atoms with Crippen molar-refractivity contribution in [2.45, 2.75) is 6.92 Å². The number of rotatable bonds is 3. The first kappa shape index (κ1) is 14.7. The van der Waals surface area contributed by atoms with Crippen LogP contribution in [-0.4, -0.2) is 12.6 Å². The fourth-order valence-electron chi connectivity index (χ4n) is 1.46. The van der Waals surface area contributed by atoms with Crippen LogP contribution >= 0.6 is 0 Å². The fraction of sp³-hybridized carbons (Fsp3) is 0.118. The van der Waals surface area contributed by atoms with Crippen molar-refractivity contribution in [3.8, 4) is 11.1 Å². The zero-order chi connectivity index (χ0) is 13.9. The molecule has 0 amide bonds. The molecule has 98 valence electrons. The molecule has 2 rings (SSSR count). The van der Waals surface area contributed by atoms with Crippen molar-refractivity contribution in [3.63, 3.8) is 0 Å². The van der Waals surface area contributed by atoms with Gasteiger partial charge in [-0.15, -0.1) is 0 Å². The number of carbonyl (C=O) groups excluding carboxylic acids is 1. The van der Waals surface area contributed by atoms with E-state index in [9.17, 15) is 4.79 Å². The smallest absolute Gasteiger partial charge is 0.330 e. The van der Waals surface area contributed by atoms with Crippen molar-refractivity contribution in [3.05, 3.63) is 73.3 Å². The molecule has 0 bridgehead atoms. The van der Waals surface area contributed by atoms with Crippen LogP contribution in [0.15, 0.2) is 73.3 Å². The second-order valence-corrected chi connectivity index (χ2v) is 3.69. The summed E-state index contributed by atoms with van der Waals surface area (Å²) in [5.74, 6) is -0.359. The first-order chi connectivity index (χ1) is 9.27. The van der Waals surface area contributed by atoms with Crippen molar-refractivity contribution >= 4 is 5.97 Å². The molecule has 0 unspecified atom stereocenters. The minimum atomic E-state index is -0.359. The molecule has 0 aliphatic heterocycles. The summed E-state index contributed by atoms with van der Waals surface area (Å²) in [7, 11) is 0. The maximum absolute atomic E-state index is 10.1. The van der Waals surface area contributed by atoms with Crippen LogP contribution in [0.2, 0.25) is 0 Å². The Bertz CT molecular complexity index is 452. The molecule has 0 radical (unpaired) electrons. The molecule has 2 aromatic rings. The largest absolute Gasteiger partial charge is 0.463 e. The maximum atomic E-state index is 10.1. The lowest BCUT2D eigenvalue weighted by atomic mass is 10.1. The van der Waals surface area contributed by atoms with Crippen LogP contribution in [0.5, 0.6) is 0 Å². The van der Waals surface area contributed by atoms with E-state index in [1.807, 2.05) is 12.1 Å². The van der Waals surface area contributed by atoms with Gasteiger partial charge in [0.25, 0.3) is 0 Å². The quantitative estimate of drug-likeness (QED) is 0.609. The third kappa shape index (κ3) is 5.68. The van der Waals surface area contributed by atoms with Gasteiger partial charge >= 0.3 is 5.97 Å². The molecule has 2 aromatic carbocycles.